The number of hydrogen-bond donors (Lipinski definition) is 1. The Hall–Kier alpha value is -0.0400. The molecule has 0 spiro atoms. The van der Waals surface area contributed by atoms with Gasteiger partial charge in [-0.15, -0.1) is 0 Å². The molecule has 15 heavy (non-hydrogen) atoms. The maximum absolute atomic E-state index is 10.5. The minimum Gasteiger partial charge on any atom is -0.393 e. The van der Waals surface area contributed by atoms with Crippen LogP contribution in [0, 0.1) is 23.7 Å². The fraction of sp³-hybridized carbons (Fsp3) is 1.00. The molecule has 3 aliphatic carbocycles. The lowest BCUT2D eigenvalue weighted by molar-refractivity contribution is 0.0111. The van der Waals surface area contributed by atoms with Gasteiger partial charge in [-0.05, 0) is 55.8 Å². The van der Waals surface area contributed by atoms with E-state index in [9.17, 15) is 5.11 Å². The molecule has 0 aliphatic heterocycles. The summed E-state index contributed by atoms with van der Waals surface area (Å²) in [5.41, 5.74) is 0. The molecule has 86 valence electrons. The molecule has 0 amide bonds. The number of hydrogen-bond acceptors (Lipinski definition) is 1. The minimum atomic E-state index is 0.0561. The molecule has 0 aromatic heterocycles. The monoisotopic (exact) mass is 208 g/mol. The largest absolute Gasteiger partial charge is 0.393 e. The van der Waals surface area contributed by atoms with Crippen molar-refractivity contribution in [3.8, 4) is 0 Å². The topological polar surface area (TPSA) is 20.2 Å². The van der Waals surface area contributed by atoms with Gasteiger partial charge in [-0.2, -0.15) is 0 Å². The second-order valence-electron chi connectivity index (χ2n) is 6.23. The number of aliphatic hydroxyl groups is 1. The van der Waals surface area contributed by atoms with Gasteiger partial charge in [0.15, 0.2) is 0 Å². The van der Waals surface area contributed by atoms with Crippen molar-refractivity contribution in [1.29, 1.82) is 0 Å². The Bertz CT molecular complexity index is 219. The fourth-order valence-electron chi connectivity index (χ4n) is 4.54. The van der Waals surface area contributed by atoms with Gasteiger partial charge in [0.2, 0.25) is 0 Å². The maximum Gasteiger partial charge on any atom is 0.0599 e. The molecular weight excluding hydrogens is 184 g/mol. The first-order chi connectivity index (χ1) is 7.34. The molecule has 1 heteroatoms. The second-order valence-corrected chi connectivity index (χ2v) is 6.23. The predicted octanol–water partition coefficient (Wildman–Crippen LogP) is 3.36. The third-order valence-corrected chi connectivity index (χ3v) is 5.36. The van der Waals surface area contributed by atoms with Crippen molar-refractivity contribution in [1.82, 2.24) is 0 Å². The van der Waals surface area contributed by atoms with E-state index >= 15 is 0 Å². The van der Waals surface area contributed by atoms with Crippen molar-refractivity contribution < 1.29 is 5.11 Å². The van der Waals surface area contributed by atoms with Crippen molar-refractivity contribution in [2.45, 2.75) is 63.9 Å². The molecule has 2 bridgehead atoms. The second kappa shape index (κ2) is 4.08. The average molecular weight is 208 g/mol. The van der Waals surface area contributed by atoms with Crippen LogP contribution in [0.25, 0.3) is 0 Å². The van der Waals surface area contributed by atoms with Crippen LogP contribution in [-0.2, 0) is 0 Å². The van der Waals surface area contributed by atoms with Crippen molar-refractivity contribution in [3.05, 3.63) is 0 Å². The highest BCUT2D eigenvalue weighted by molar-refractivity contribution is 4.94. The lowest BCUT2D eigenvalue weighted by atomic mass is 9.75. The Balaban J connectivity index is 1.61. The van der Waals surface area contributed by atoms with E-state index in [1.807, 2.05) is 0 Å². The van der Waals surface area contributed by atoms with Crippen molar-refractivity contribution in [2.75, 3.05) is 0 Å². The molecular formula is C14H24O. The summed E-state index contributed by atoms with van der Waals surface area (Å²) in [7, 11) is 0. The van der Waals surface area contributed by atoms with Crippen molar-refractivity contribution >= 4 is 0 Å². The number of aliphatic hydroxyl groups excluding tert-OH is 1. The molecule has 3 fully saturated rings. The lowest BCUT2D eigenvalue weighted by Gasteiger charge is -2.34. The van der Waals surface area contributed by atoms with Crippen LogP contribution in [0.5, 0.6) is 0 Å². The normalized spacial score (nSPS) is 43.4. The van der Waals surface area contributed by atoms with Gasteiger partial charge in [-0.3, -0.25) is 0 Å². The van der Waals surface area contributed by atoms with Crippen molar-refractivity contribution in [2.24, 2.45) is 23.7 Å². The van der Waals surface area contributed by atoms with E-state index in [0.717, 1.165) is 11.8 Å². The smallest absolute Gasteiger partial charge is 0.0599 e. The Morgan fingerprint density at radius 3 is 2.27 bits per heavy atom. The zero-order valence-corrected chi connectivity index (χ0v) is 9.70. The summed E-state index contributed by atoms with van der Waals surface area (Å²) in [4.78, 5) is 0. The van der Waals surface area contributed by atoms with Crippen LogP contribution in [0.4, 0.5) is 0 Å². The first kappa shape index (κ1) is 10.1. The van der Waals surface area contributed by atoms with E-state index in [-0.39, 0.29) is 6.10 Å². The summed E-state index contributed by atoms with van der Waals surface area (Å²) in [6, 6.07) is 0. The average Bonchev–Trinajstić information content (AvgIpc) is 2.91. The first-order valence-electron chi connectivity index (χ1n) is 7.02. The van der Waals surface area contributed by atoms with E-state index in [2.05, 4.69) is 0 Å². The first-order valence-corrected chi connectivity index (χ1v) is 7.02. The van der Waals surface area contributed by atoms with Crippen LogP contribution in [-0.4, -0.2) is 11.2 Å². The zero-order chi connectivity index (χ0) is 10.3. The fourth-order valence-corrected chi connectivity index (χ4v) is 4.54. The molecule has 0 radical (unpaired) electrons. The summed E-state index contributed by atoms with van der Waals surface area (Å²) in [5.74, 6) is 3.22. The highest BCUT2D eigenvalue weighted by Crippen LogP contribution is 2.51. The van der Waals surface area contributed by atoms with Crippen LogP contribution in [0.1, 0.15) is 57.8 Å². The minimum absolute atomic E-state index is 0.0561. The molecule has 0 aromatic carbocycles. The van der Waals surface area contributed by atoms with E-state index in [4.69, 9.17) is 0 Å². The summed E-state index contributed by atoms with van der Waals surface area (Å²) in [6.45, 7) is 0. The Morgan fingerprint density at radius 1 is 0.867 bits per heavy atom. The summed E-state index contributed by atoms with van der Waals surface area (Å²) >= 11 is 0. The predicted molar refractivity (Wildman–Crippen MR) is 61.5 cm³/mol. The number of fused-ring (bicyclic) bond motifs is 2. The molecule has 4 unspecified atom stereocenters. The summed E-state index contributed by atoms with van der Waals surface area (Å²) < 4.78 is 0. The zero-order valence-electron chi connectivity index (χ0n) is 9.70. The maximum atomic E-state index is 10.5. The highest BCUT2D eigenvalue weighted by atomic mass is 16.3. The Kier molecular flexibility index (Phi) is 2.76. The highest BCUT2D eigenvalue weighted by Gasteiger charge is 2.44. The quantitative estimate of drug-likeness (QED) is 0.737. The molecule has 3 rings (SSSR count). The Morgan fingerprint density at radius 2 is 1.67 bits per heavy atom. The summed E-state index contributed by atoms with van der Waals surface area (Å²) in [5, 5.41) is 10.5. The molecule has 3 aliphatic rings. The molecule has 3 saturated carbocycles. The van der Waals surface area contributed by atoms with E-state index in [0.29, 0.717) is 11.8 Å². The van der Waals surface area contributed by atoms with E-state index < -0.39 is 0 Å². The van der Waals surface area contributed by atoms with Gasteiger partial charge in [0.25, 0.3) is 0 Å². The molecule has 0 saturated heterocycles. The van der Waals surface area contributed by atoms with Crippen LogP contribution < -0.4 is 0 Å². The van der Waals surface area contributed by atoms with E-state index in [1.165, 1.54) is 57.8 Å². The summed E-state index contributed by atoms with van der Waals surface area (Å²) in [6.07, 6.45) is 12.4. The van der Waals surface area contributed by atoms with Gasteiger partial charge in [-0.25, -0.2) is 0 Å². The van der Waals surface area contributed by atoms with E-state index in [1.54, 1.807) is 0 Å². The standard InChI is InChI=1S/C14H24O/c15-14(11-4-2-1-3-5-11)13-9-10-6-7-12(13)8-10/h10-15H,1-9H2. The molecule has 1 nitrogen and oxygen atoms in total. The Labute approximate surface area is 93.3 Å². The molecule has 4 atom stereocenters. The lowest BCUT2D eigenvalue weighted by Crippen LogP contribution is -2.33. The van der Waals surface area contributed by atoms with Crippen LogP contribution in [0.3, 0.4) is 0 Å². The van der Waals surface area contributed by atoms with Gasteiger partial charge in [0.1, 0.15) is 0 Å². The molecule has 0 aromatic rings. The van der Waals surface area contributed by atoms with Crippen LogP contribution in [0.2, 0.25) is 0 Å². The van der Waals surface area contributed by atoms with Gasteiger partial charge in [-0.1, -0.05) is 25.7 Å². The third kappa shape index (κ3) is 1.84. The molecule has 0 heterocycles. The third-order valence-electron chi connectivity index (χ3n) is 5.36. The van der Waals surface area contributed by atoms with Gasteiger partial charge >= 0.3 is 0 Å². The number of rotatable bonds is 2. The molecule has 1 N–H and O–H groups in total. The van der Waals surface area contributed by atoms with Crippen LogP contribution >= 0.6 is 0 Å². The van der Waals surface area contributed by atoms with Crippen LogP contribution in [0.15, 0.2) is 0 Å². The van der Waals surface area contributed by atoms with Gasteiger partial charge in [0.05, 0.1) is 6.10 Å². The van der Waals surface area contributed by atoms with Gasteiger partial charge in [0, 0.05) is 0 Å². The SMILES string of the molecule is OC(C1CCCCC1)C1CC2CCC1C2. The van der Waals surface area contributed by atoms with Crippen molar-refractivity contribution in [3.63, 3.8) is 0 Å². The van der Waals surface area contributed by atoms with Gasteiger partial charge < -0.3 is 5.11 Å².